The van der Waals surface area contributed by atoms with Crippen LogP contribution in [0.15, 0.2) is 24.3 Å². The molecule has 5 nitrogen and oxygen atoms in total. The molecule has 20 heavy (non-hydrogen) atoms. The number of carboxylic acids is 1. The molecule has 0 aliphatic carbocycles. The zero-order valence-corrected chi connectivity index (χ0v) is 12.2. The van der Waals surface area contributed by atoms with Crippen LogP contribution in [0.3, 0.4) is 0 Å². The van der Waals surface area contributed by atoms with Crippen molar-refractivity contribution in [2.45, 2.75) is 39.3 Å². The zero-order chi connectivity index (χ0) is 15.1. The average Bonchev–Trinajstić information content (AvgIpc) is 2.40. The number of amides is 2. The topological polar surface area (TPSA) is 69.6 Å². The van der Waals surface area contributed by atoms with E-state index in [0.29, 0.717) is 19.4 Å². The van der Waals surface area contributed by atoms with Crippen LogP contribution in [0.4, 0.5) is 4.79 Å². The monoisotopic (exact) mass is 278 g/mol. The van der Waals surface area contributed by atoms with Gasteiger partial charge >= 0.3 is 12.0 Å². The van der Waals surface area contributed by atoms with Crippen molar-refractivity contribution >= 4 is 12.0 Å². The summed E-state index contributed by atoms with van der Waals surface area (Å²) in [5.74, 6) is -0.996. The molecular formula is C15H22N2O3. The quantitative estimate of drug-likeness (QED) is 0.839. The Morgan fingerprint density at radius 1 is 1.30 bits per heavy atom. The van der Waals surface area contributed by atoms with E-state index in [1.165, 1.54) is 4.90 Å². The summed E-state index contributed by atoms with van der Waals surface area (Å²) in [6.07, 6.45) is 1.14. The summed E-state index contributed by atoms with van der Waals surface area (Å²) < 4.78 is 0. The standard InChI is InChI=1S/C15H22N2O3/c1-4-5-13(14(18)19)16-15(20)17(3)10-12-8-6-11(2)7-9-12/h6-9,13H,4-5,10H2,1-3H3,(H,16,20)(H,18,19)/t13-/m0/s1. The lowest BCUT2D eigenvalue weighted by Gasteiger charge is -2.21. The Morgan fingerprint density at radius 3 is 2.40 bits per heavy atom. The fraction of sp³-hybridized carbons (Fsp3) is 0.467. The number of benzene rings is 1. The van der Waals surface area contributed by atoms with Crippen LogP contribution in [-0.4, -0.2) is 35.1 Å². The number of carbonyl (C=O) groups is 2. The lowest BCUT2D eigenvalue weighted by Crippen LogP contribution is -2.46. The van der Waals surface area contributed by atoms with E-state index in [-0.39, 0.29) is 6.03 Å². The first-order valence-electron chi connectivity index (χ1n) is 6.74. The smallest absolute Gasteiger partial charge is 0.326 e. The number of aryl methyl sites for hydroxylation is 1. The third kappa shape index (κ3) is 4.91. The van der Waals surface area contributed by atoms with Gasteiger partial charge in [-0.15, -0.1) is 0 Å². The Labute approximate surface area is 119 Å². The minimum absolute atomic E-state index is 0.369. The van der Waals surface area contributed by atoms with Crippen LogP contribution < -0.4 is 5.32 Å². The minimum Gasteiger partial charge on any atom is -0.480 e. The van der Waals surface area contributed by atoms with Gasteiger partial charge in [0, 0.05) is 13.6 Å². The lowest BCUT2D eigenvalue weighted by molar-refractivity contribution is -0.139. The average molecular weight is 278 g/mol. The molecule has 2 amide bonds. The summed E-state index contributed by atoms with van der Waals surface area (Å²) >= 11 is 0. The summed E-state index contributed by atoms with van der Waals surface area (Å²) in [6.45, 7) is 4.34. The van der Waals surface area contributed by atoms with Gasteiger partial charge < -0.3 is 15.3 Å². The highest BCUT2D eigenvalue weighted by Gasteiger charge is 2.20. The second-order valence-corrected chi connectivity index (χ2v) is 4.97. The van der Waals surface area contributed by atoms with Gasteiger partial charge in [-0.05, 0) is 18.9 Å². The van der Waals surface area contributed by atoms with Gasteiger partial charge in [-0.1, -0.05) is 43.2 Å². The van der Waals surface area contributed by atoms with E-state index < -0.39 is 12.0 Å². The van der Waals surface area contributed by atoms with E-state index in [1.807, 2.05) is 38.1 Å². The number of carbonyl (C=O) groups excluding carboxylic acids is 1. The third-order valence-corrected chi connectivity index (χ3v) is 3.06. The third-order valence-electron chi connectivity index (χ3n) is 3.06. The Hall–Kier alpha value is -2.04. The van der Waals surface area contributed by atoms with Gasteiger partial charge in [0.1, 0.15) is 6.04 Å². The number of rotatable bonds is 6. The minimum atomic E-state index is -0.996. The number of carboxylic acid groups (broad SMARTS) is 1. The zero-order valence-electron chi connectivity index (χ0n) is 12.2. The van der Waals surface area contributed by atoms with Gasteiger partial charge in [0.15, 0.2) is 0 Å². The fourth-order valence-corrected chi connectivity index (χ4v) is 1.84. The Bertz CT molecular complexity index is 457. The van der Waals surface area contributed by atoms with Crippen molar-refractivity contribution in [1.82, 2.24) is 10.2 Å². The highest BCUT2D eigenvalue weighted by atomic mass is 16.4. The molecular weight excluding hydrogens is 256 g/mol. The van der Waals surface area contributed by atoms with Crippen LogP contribution in [0.25, 0.3) is 0 Å². The first-order chi connectivity index (χ1) is 9.43. The molecule has 0 aliphatic heterocycles. The predicted octanol–water partition coefficient (Wildman–Crippen LogP) is 2.39. The summed E-state index contributed by atoms with van der Waals surface area (Å²) in [4.78, 5) is 24.4. The normalized spacial score (nSPS) is 11.8. The Morgan fingerprint density at radius 2 is 1.90 bits per heavy atom. The molecule has 110 valence electrons. The molecule has 0 saturated heterocycles. The van der Waals surface area contributed by atoms with Gasteiger partial charge in [0.25, 0.3) is 0 Å². The molecule has 0 heterocycles. The van der Waals surface area contributed by atoms with Gasteiger partial charge in [0.05, 0.1) is 0 Å². The number of hydrogen-bond acceptors (Lipinski definition) is 2. The summed E-state index contributed by atoms with van der Waals surface area (Å²) in [5.41, 5.74) is 2.17. The SMILES string of the molecule is CCC[C@H](NC(=O)N(C)Cc1ccc(C)cc1)C(=O)O. The van der Waals surface area contributed by atoms with Crippen molar-refractivity contribution in [2.24, 2.45) is 0 Å². The van der Waals surface area contributed by atoms with Gasteiger partial charge in [-0.25, -0.2) is 9.59 Å². The predicted molar refractivity (Wildman–Crippen MR) is 77.5 cm³/mol. The van der Waals surface area contributed by atoms with Crippen molar-refractivity contribution in [1.29, 1.82) is 0 Å². The largest absolute Gasteiger partial charge is 0.480 e. The second-order valence-electron chi connectivity index (χ2n) is 4.97. The van der Waals surface area contributed by atoms with E-state index in [4.69, 9.17) is 5.11 Å². The van der Waals surface area contributed by atoms with E-state index in [0.717, 1.165) is 11.1 Å². The number of urea groups is 1. The van der Waals surface area contributed by atoms with Crippen molar-refractivity contribution in [3.8, 4) is 0 Å². The van der Waals surface area contributed by atoms with Crippen molar-refractivity contribution in [3.05, 3.63) is 35.4 Å². The van der Waals surface area contributed by atoms with Crippen molar-refractivity contribution in [2.75, 3.05) is 7.05 Å². The van der Waals surface area contributed by atoms with Crippen LogP contribution in [0.2, 0.25) is 0 Å². The first kappa shape index (κ1) is 16.0. The van der Waals surface area contributed by atoms with Crippen LogP contribution in [-0.2, 0) is 11.3 Å². The summed E-state index contributed by atoms with van der Waals surface area (Å²) in [6, 6.07) is 6.69. The lowest BCUT2D eigenvalue weighted by atomic mass is 10.1. The maximum absolute atomic E-state index is 12.0. The fourth-order valence-electron chi connectivity index (χ4n) is 1.84. The molecule has 0 radical (unpaired) electrons. The van der Waals surface area contributed by atoms with Gasteiger partial charge in [-0.3, -0.25) is 0 Å². The summed E-state index contributed by atoms with van der Waals surface area (Å²) in [5, 5.41) is 11.6. The Kier molecular flexibility index (Phi) is 6.03. The number of aliphatic carboxylic acids is 1. The van der Waals surface area contributed by atoms with E-state index in [2.05, 4.69) is 5.32 Å². The number of nitrogens with zero attached hydrogens (tertiary/aromatic N) is 1. The molecule has 1 aromatic rings. The molecule has 0 spiro atoms. The molecule has 1 atom stereocenters. The van der Waals surface area contributed by atoms with Crippen LogP contribution >= 0.6 is 0 Å². The molecule has 0 saturated carbocycles. The van der Waals surface area contributed by atoms with Crippen molar-refractivity contribution in [3.63, 3.8) is 0 Å². The molecule has 1 aromatic carbocycles. The molecule has 0 aliphatic rings. The van der Waals surface area contributed by atoms with Gasteiger partial charge in [-0.2, -0.15) is 0 Å². The highest BCUT2D eigenvalue weighted by Crippen LogP contribution is 2.06. The van der Waals surface area contributed by atoms with Crippen LogP contribution in [0, 0.1) is 6.92 Å². The van der Waals surface area contributed by atoms with Gasteiger partial charge in [0.2, 0.25) is 0 Å². The van der Waals surface area contributed by atoms with E-state index in [1.54, 1.807) is 7.05 Å². The molecule has 0 unspecified atom stereocenters. The number of hydrogen-bond donors (Lipinski definition) is 2. The second kappa shape index (κ2) is 7.53. The van der Waals surface area contributed by atoms with Crippen molar-refractivity contribution < 1.29 is 14.7 Å². The van der Waals surface area contributed by atoms with E-state index in [9.17, 15) is 9.59 Å². The molecule has 0 bridgehead atoms. The molecule has 2 N–H and O–H groups in total. The maximum atomic E-state index is 12.0. The van der Waals surface area contributed by atoms with Crippen LogP contribution in [0.1, 0.15) is 30.9 Å². The molecule has 5 heteroatoms. The van der Waals surface area contributed by atoms with Crippen LogP contribution in [0.5, 0.6) is 0 Å². The molecule has 0 aromatic heterocycles. The first-order valence-corrected chi connectivity index (χ1v) is 6.74. The summed E-state index contributed by atoms with van der Waals surface area (Å²) in [7, 11) is 1.65. The van der Waals surface area contributed by atoms with E-state index >= 15 is 0 Å². The maximum Gasteiger partial charge on any atom is 0.326 e. The molecule has 0 fully saturated rings. The Balaban J connectivity index is 2.57. The number of nitrogens with one attached hydrogen (secondary N) is 1. The highest BCUT2D eigenvalue weighted by molar-refractivity contribution is 5.82. The molecule has 1 rings (SSSR count).